The molecular formula is C21H31BN2O4. The molecule has 0 N–H and O–H groups in total. The van der Waals surface area contributed by atoms with Gasteiger partial charge in [-0.05, 0) is 72.2 Å². The zero-order valence-electron chi connectivity index (χ0n) is 18.3. The van der Waals surface area contributed by atoms with Crippen molar-refractivity contribution in [3.63, 3.8) is 0 Å². The zero-order valence-corrected chi connectivity index (χ0v) is 18.3. The highest BCUT2D eigenvalue weighted by Gasteiger charge is 2.53. The van der Waals surface area contributed by atoms with E-state index in [2.05, 4.69) is 0 Å². The lowest BCUT2D eigenvalue weighted by molar-refractivity contribution is 0.00578. The lowest BCUT2D eigenvalue weighted by Crippen LogP contribution is -2.46. The molecule has 1 aliphatic rings. The van der Waals surface area contributed by atoms with Crippen LogP contribution in [0.15, 0.2) is 18.2 Å². The first kappa shape index (κ1) is 20.7. The number of methoxy groups -OCH3 is 1. The Kier molecular flexibility index (Phi) is 5.27. The Morgan fingerprint density at radius 1 is 1.14 bits per heavy atom. The Morgan fingerprint density at radius 3 is 2.21 bits per heavy atom. The molecule has 1 aromatic heterocycles. The summed E-state index contributed by atoms with van der Waals surface area (Å²) in [4.78, 5) is 15.2. The van der Waals surface area contributed by atoms with E-state index >= 15 is 0 Å². The number of carbonyl (C=O) groups is 1. The summed E-state index contributed by atoms with van der Waals surface area (Å²) in [5.41, 5.74) is 1.58. The Bertz CT molecular complexity index is 883. The largest absolute Gasteiger partial charge is 0.513 e. The van der Waals surface area contributed by atoms with E-state index in [1.54, 1.807) is 16.6 Å². The van der Waals surface area contributed by atoms with Gasteiger partial charge in [-0.3, -0.25) is 4.57 Å². The molecule has 1 aromatic carbocycles. The van der Waals surface area contributed by atoms with Gasteiger partial charge in [0.1, 0.15) is 5.75 Å². The number of hydrogen-bond acceptors (Lipinski definition) is 4. The summed E-state index contributed by atoms with van der Waals surface area (Å²) < 4.78 is 19.8. The second kappa shape index (κ2) is 7.12. The van der Waals surface area contributed by atoms with Gasteiger partial charge in [0.05, 0.1) is 29.4 Å². The van der Waals surface area contributed by atoms with E-state index in [-0.39, 0.29) is 6.03 Å². The number of fused-ring (bicyclic) bond motifs is 1. The molecule has 1 fully saturated rings. The van der Waals surface area contributed by atoms with Gasteiger partial charge >= 0.3 is 13.1 Å². The highest BCUT2D eigenvalue weighted by Crippen LogP contribution is 2.37. The fourth-order valence-corrected chi connectivity index (χ4v) is 3.65. The third-order valence-corrected chi connectivity index (χ3v) is 6.18. The van der Waals surface area contributed by atoms with Crippen LogP contribution in [0, 0.1) is 6.92 Å². The molecule has 1 aliphatic heterocycles. The fraction of sp³-hybridized carbons (Fsp3) is 0.571. The zero-order chi connectivity index (χ0) is 20.9. The topological polar surface area (TPSA) is 52.9 Å². The lowest BCUT2D eigenvalue weighted by Gasteiger charge is -2.32. The van der Waals surface area contributed by atoms with Crippen LogP contribution in [-0.2, 0) is 9.31 Å². The molecule has 1 amide bonds. The van der Waals surface area contributed by atoms with E-state index in [4.69, 9.17) is 14.0 Å². The SMILES string of the molecule is CCN(CC)C(=O)n1c(B2OC(C)(C)C(C)(C)O2)c(C)c2cc(OC)ccc21. The first-order valence-electron chi connectivity index (χ1n) is 9.91. The first-order chi connectivity index (χ1) is 13.1. The number of amides is 1. The first-order valence-corrected chi connectivity index (χ1v) is 9.91. The average molecular weight is 386 g/mol. The quantitative estimate of drug-likeness (QED) is 0.754. The van der Waals surface area contributed by atoms with E-state index in [0.29, 0.717) is 13.1 Å². The third-order valence-electron chi connectivity index (χ3n) is 6.18. The number of carbonyl (C=O) groups excluding carboxylic acids is 1. The van der Waals surface area contributed by atoms with Crippen LogP contribution >= 0.6 is 0 Å². The molecule has 2 heterocycles. The summed E-state index contributed by atoms with van der Waals surface area (Å²) in [5, 5.41) is 0.963. The molecule has 0 saturated carbocycles. The maximum Gasteiger partial charge on any atom is 0.513 e. The highest BCUT2D eigenvalue weighted by atomic mass is 16.7. The van der Waals surface area contributed by atoms with Gasteiger partial charge in [0.15, 0.2) is 0 Å². The molecule has 7 heteroatoms. The number of aromatic nitrogens is 1. The molecule has 3 rings (SSSR count). The Balaban J connectivity index is 2.25. The van der Waals surface area contributed by atoms with Crippen molar-refractivity contribution in [2.24, 2.45) is 0 Å². The fourth-order valence-electron chi connectivity index (χ4n) is 3.65. The summed E-state index contributed by atoms with van der Waals surface area (Å²) in [6.45, 7) is 15.3. The molecule has 152 valence electrons. The van der Waals surface area contributed by atoms with Crippen LogP contribution in [0.3, 0.4) is 0 Å². The summed E-state index contributed by atoms with van der Waals surface area (Å²) in [5.74, 6) is 0.753. The number of nitrogens with zero attached hydrogens (tertiary/aromatic N) is 2. The van der Waals surface area contributed by atoms with Gasteiger partial charge in [-0.2, -0.15) is 0 Å². The van der Waals surface area contributed by atoms with Gasteiger partial charge in [-0.25, -0.2) is 4.79 Å². The molecule has 0 aliphatic carbocycles. The molecule has 0 unspecified atom stereocenters. The minimum Gasteiger partial charge on any atom is -0.497 e. The maximum atomic E-state index is 13.4. The van der Waals surface area contributed by atoms with Crippen LogP contribution in [0.2, 0.25) is 0 Å². The maximum absolute atomic E-state index is 13.4. The predicted octanol–water partition coefficient (Wildman–Crippen LogP) is 3.57. The second-order valence-corrected chi connectivity index (χ2v) is 8.27. The van der Waals surface area contributed by atoms with Crippen LogP contribution in [0.5, 0.6) is 5.75 Å². The summed E-state index contributed by atoms with van der Waals surface area (Å²) in [6.07, 6.45) is 0. The van der Waals surface area contributed by atoms with Gasteiger partial charge in [-0.1, -0.05) is 0 Å². The van der Waals surface area contributed by atoms with Crippen LogP contribution < -0.4 is 10.3 Å². The normalized spacial score (nSPS) is 17.9. The van der Waals surface area contributed by atoms with Gasteiger partial charge in [0.2, 0.25) is 0 Å². The molecule has 0 atom stereocenters. The minimum absolute atomic E-state index is 0.0713. The molecule has 0 radical (unpaired) electrons. The average Bonchev–Trinajstić information content (AvgIpc) is 3.04. The smallest absolute Gasteiger partial charge is 0.497 e. The van der Waals surface area contributed by atoms with Crippen LogP contribution in [0.4, 0.5) is 4.79 Å². The van der Waals surface area contributed by atoms with Gasteiger partial charge < -0.3 is 18.9 Å². The van der Waals surface area contributed by atoms with Gasteiger partial charge in [-0.15, -0.1) is 0 Å². The number of ether oxygens (including phenoxy) is 1. The van der Waals surface area contributed by atoms with E-state index in [1.165, 1.54) is 0 Å². The van der Waals surface area contributed by atoms with Crippen LogP contribution in [0.25, 0.3) is 10.9 Å². The Hall–Kier alpha value is -1.99. The van der Waals surface area contributed by atoms with Gasteiger partial charge in [0, 0.05) is 18.5 Å². The van der Waals surface area contributed by atoms with E-state index in [1.807, 2.05) is 66.7 Å². The van der Waals surface area contributed by atoms with Crippen molar-refractivity contribution in [3.8, 4) is 5.75 Å². The van der Waals surface area contributed by atoms with E-state index in [9.17, 15) is 4.79 Å². The number of hydrogen-bond donors (Lipinski definition) is 0. The van der Waals surface area contributed by atoms with Crippen molar-refractivity contribution in [2.75, 3.05) is 20.2 Å². The van der Waals surface area contributed by atoms with Crippen LogP contribution in [0.1, 0.15) is 47.1 Å². The molecule has 28 heavy (non-hydrogen) atoms. The summed E-state index contributed by atoms with van der Waals surface area (Å²) in [7, 11) is 1.02. The van der Waals surface area contributed by atoms with Crippen molar-refractivity contribution in [2.45, 2.75) is 59.7 Å². The van der Waals surface area contributed by atoms with Crippen LogP contribution in [-0.4, -0.2) is 54.0 Å². The van der Waals surface area contributed by atoms with E-state index < -0.39 is 18.3 Å². The molecule has 1 saturated heterocycles. The summed E-state index contributed by atoms with van der Waals surface area (Å²) in [6, 6.07) is 5.70. The third kappa shape index (κ3) is 3.10. The lowest BCUT2D eigenvalue weighted by atomic mass is 9.81. The van der Waals surface area contributed by atoms with Crippen molar-refractivity contribution in [1.82, 2.24) is 9.47 Å². The monoisotopic (exact) mass is 386 g/mol. The molecule has 0 spiro atoms. The minimum atomic E-state index is -0.622. The van der Waals surface area contributed by atoms with Crippen molar-refractivity contribution in [3.05, 3.63) is 23.8 Å². The highest BCUT2D eigenvalue weighted by molar-refractivity contribution is 6.63. The number of benzene rings is 1. The predicted molar refractivity (Wildman–Crippen MR) is 113 cm³/mol. The Morgan fingerprint density at radius 2 is 1.71 bits per heavy atom. The molecule has 2 aromatic rings. The van der Waals surface area contributed by atoms with Crippen molar-refractivity contribution >= 4 is 29.6 Å². The second-order valence-electron chi connectivity index (χ2n) is 8.27. The standard InChI is InChI=1S/C21H31BN2O4/c1-9-23(10-2)19(25)24-17-12-11-15(26-8)13-16(17)14(3)18(24)22-27-20(4,5)21(6,7)28-22/h11-13H,9-10H2,1-8H3. The molecule has 6 nitrogen and oxygen atoms in total. The van der Waals surface area contributed by atoms with Gasteiger partial charge in [0.25, 0.3) is 0 Å². The molecule has 0 bridgehead atoms. The number of aryl methyl sites for hydroxylation is 1. The van der Waals surface area contributed by atoms with E-state index in [0.717, 1.165) is 27.8 Å². The van der Waals surface area contributed by atoms with Crippen molar-refractivity contribution < 1.29 is 18.8 Å². The number of rotatable bonds is 4. The van der Waals surface area contributed by atoms with Crippen molar-refractivity contribution in [1.29, 1.82) is 0 Å². The Labute approximate surface area is 167 Å². The molecular weight excluding hydrogens is 355 g/mol. The summed E-state index contributed by atoms with van der Waals surface area (Å²) >= 11 is 0.